The standard InChI is InChI=1S/C23H28N4O5S/c1-4-19(28)25-12-15(13-25)27-20(29)17-11-16(33(31,32)24-23(3)9-10-23)5-6-18(17)26(21(27)30)14-22(2)7-8-22/h4-6,11,15,24H,1,7-10,12-14H2,2-3H3. The topological polar surface area (TPSA) is 110 Å². The molecule has 3 aliphatic rings. The van der Waals surface area contributed by atoms with Gasteiger partial charge >= 0.3 is 5.69 Å². The number of carbonyl (C=O) groups is 1. The summed E-state index contributed by atoms with van der Waals surface area (Å²) in [6.45, 7) is 8.34. The van der Waals surface area contributed by atoms with Crippen LogP contribution in [0.2, 0.25) is 0 Å². The van der Waals surface area contributed by atoms with Crippen LogP contribution in [0.5, 0.6) is 0 Å². The predicted octanol–water partition coefficient (Wildman–Crippen LogP) is 1.36. The van der Waals surface area contributed by atoms with Crippen molar-refractivity contribution in [3.8, 4) is 0 Å². The van der Waals surface area contributed by atoms with Crippen LogP contribution in [-0.4, -0.2) is 47.0 Å². The molecule has 1 amide bonds. The van der Waals surface area contributed by atoms with Gasteiger partial charge in [-0.1, -0.05) is 13.5 Å². The second-order valence-corrected chi connectivity index (χ2v) is 12.0. The van der Waals surface area contributed by atoms with Crippen LogP contribution in [-0.2, 0) is 21.4 Å². The molecule has 2 aromatic rings. The van der Waals surface area contributed by atoms with Gasteiger partial charge in [-0.15, -0.1) is 0 Å². The van der Waals surface area contributed by atoms with Gasteiger partial charge in [0.15, 0.2) is 0 Å². The summed E-state index contributed by atoms with van der Waals surface area (Å²) in [5, 5.41) is 0.191. The molecule has 1 aliphatic heterocycles. The van der Waals surface area contributed by atoms with Crippen molar-refractivity contribution < 1.29 is 13.2 Å². The lowest BCUT2D eigenvalue weighted by atomic mass is 10.1. The zero-order valence-corrected chi connectivity index (χ0v) is 19.7. The van der Waals surface area contributed by atoms with E-state index in [0.29, 0.717) is 12.1 Å². The Bertz CT molecular complexity index is 1410. The van der Waals surface area contributed by atoms with Crippen LogP contribution in [0.3, 0.4) is 0 Å². The van der Waals surface area contributed by atoms with E-state index in [2.05, 4.69) is 18.2 Å². The lowest BCUT2D eigenvalue weighted by Gasteiger charge is -2.39. The fourth-order valence-corrected chi connectivity index (χ4v) is 5.86. The first-order chi connectivity index (χ1) is 15.5. The molecular weight excluding hydrogens is 444 g/mol. The van der Waals surface area contributed by atoms with Gasteiger partial charge in [0, 0.05) is 25.2 Å². The molecule has 10 heteroatoms. The molecular formula is C23H28N4O5S. The number of nitrogens with one attached hydrogen (secondary N) is 1. The largest absolute Gasteiger partial charge is 0.335 e. The number of carbonyl (C=O) groups excluding carboxylic acids is 1. The number of hydrogen-bond acceptors (Lipinski definition) is 5. The van der Waals surface area contributed by atoms with Gasteiger partial charge in [0.2, 0.25) is 15.9 Å². The monoisotopic (exact) mass is 472 g/mol. The Morgan fingerprint density at radius 2 is 1.85 bits per heavy atom. The summed E-state index contributed by atoms with van der Waals surface area (Å²) >= 11 is 0. The zero-order chi connectivity index (χ0) is 23.8. The minimum atomic E-state index is -3.81. The van der Waals surface area contributed by atoms with E-state index in [9.17, 15) is 22.8 Å². The average molecular weight is 473 g/mol. The molecule has 1 saturated heterocycles. The molecule has 0 unspecified atom stereocenters. The van der Waals surface area contributed by atoms with Crippen LogP contribution in [0.1, 0.15) is 45.6 Å². The molecule has 1 aromatic heterocycles. The summed E-state index contributed by atoms with van der Waals surface area (Å²) in [5.74, 6) is -0.251. The number of sulfonamides is 1. The Morgan fingerprint density at radius 1 is 1.18 bits per heavy atom. The van der Waals surface area contributed by atoms with E-state index in [1.807, 2.05) is 6.92 Å². The fraction of sp³-hybridized carbons (Fsp3) is 0.522. The van der Waals surface area contributed by atoms with E-state index >= 15 is 0 Å². The molecule has 176 valence electrons. The van der Waals surface area contributed by atoms with Gasteiger partial charge in [0.1, 0.15) is 0 Å². The lowest BCUT2D eigenvalue weighted by Crippen LogP contribution is -2.56. The Kier molecular flexibility index (Phi) is 4.78. The van der Waals surface area contributed by atoms with Gasteiger partial charge in [0.25, 0.3) is 5.56 Å². The van der Waals surface area contributed by atoms with Crippen molar-refractivity contribution in [2.45, 2.75) is 62.6 Å². The Balaban J connectivity index is 1.63. The van der Waals surface area contributed by atoms with Crippen molar-refractivity contribution in [3.63, 3.8) is 0 Å². The molecule has 0 spiro atoms. The maximum atomic E-state index is 13.5. The third-order valence-corrected chi connectivity index (χ3v) is 8.83. The Labute approximate surface area is 191 Å². The predicted molar refractivity (Wildman–Crippen MR) is 124 cm³/mol. The van der Waals surface area contributed by atoms with Crippen molar-refractivity contribution in [1.29, 1.82) is 0 Å². The summed E-state index contributed by atoms with van der Waals surface area (Å²) in [6, 6.07) is 3.94. The van der Waals surface area contributed by atoms with Crippen molar-refractivity contribution >= 4 is 26.8 Å². The highest BCUT2D eigenvalue weighted by atomic mass is 32.2. The number of hydrogen-bond donors (Lipinski definition) is 1. The van der Waals surface area contributed by atoms with Gasteiger partial charge in [-0.2, -0.15) is 0 Å². The number of benzene rings is 1. The Morgan fingerprint density at radius 3 is 2.42 bits per heavy atom. The smallest absolute Gasteiger partial charge is 0.331 e. The van der Waals surface area contributed by atoms with Crippen molar-refractivity contribution in [2.24, 2.45) is 5.41 Å². The van der Waals surface area contributed by atoms with Gasteiger partial charge in [-0.25, -0.2) is 17.9 Å². The second-order valence-electron chi connectivity index (χ2n) is 10.3. The first-order valence-corrected chi connectivity index (χ1v) is 12.7. The normalized spacial score (nSPS) is 21.0. The quantitative estimate of drug-likeness (QED) is 0.612. The van der Waals surface area contributed by atoms with Crippen molar-refractivity contribution in [2.75, 3.05) is 13.1 Å². The third kappa shape index (κ3) is 3.85. The summed E-state index contributed by atoms with van der Waals surface area (Å²) in [4.78, 5) is 40.3. The van der Waals surface area contributed by atoms with E-state index in [1.54, 1.807) is 10.6 Å². The number of fused-ring (bicyclic) bond motifs is 1. The van der Waals surface area contributed by atoms with Crippen LogP contribution in [0.15, 0.2) is 45.3 Å². The van der Waals surface area contributed by atoms with Gasteiger partial charge < -0.3 is 4.90 Å². The van der Waals surface area contributed by atoms with E-state index in [4.69, 9.17) is 0 Å². The molecule has 2 saturated carbocycles. The highest BCUT2D eigenvalue weighted by molar-refractivity contribution is 7.89. The van der Waals surface area contributed by atoms with Crippen molar-refractivity contribution in [1.82, 2.24) is 18.8 Å². The van der Waals surface area contributed by atoms with E-state index in [0.717, 1.165) is 25.7 Å². The minimum Gasteiger partial charge on any atom is -0.335 e. The maximum Gasteiger partial charge on any atom is 0.331 e. The lowest BCUT2D eigenvalue weighted by molar-refractivity contribution is -0.131. The molecule has 2 aliphatic carbocycles. The summed E-state index contributed by atoms with van der Waals surface area (Å²) in [5.41, 5.74) is -0.978. The molecule has 1 N–H and O–H groups in total. The molecule has 0 atom stereocenters. The molecule has 9 nitrogen and oxygen atoms in total. The number of likely N-dealkylation sites (tertiary alicyclic amines) is 1. The zero-order valence-electron chi connectivity index (χ0n) is 18.8. The SMILES string of the molecule is C=CC(=O)N1CC(n2c(=O)c3cc(S(=O)(=O)NC4(C)CC4)ccc3n(CC3(C)CC3)c2=O)C1. The van der Waals surface area contributed by atoms with Crippen LogP contribution < -0.4 is 16.0 Å². The number of aromatic nitrogens is 2. The van der Waals surface area contributed by atoms with Crippen LogP contribution in [0, 0.1) is 5.41 Å². The van der Waals surface area contributed by atoms with E-state index < -0.39 is 32.9 Å². The van der Waals surface area contributed by atoms with Gasteiger partial charge in [-0.05, 0) is 62.3 Å². The molecule has 0 bridgehead atoms. The number of rotatable bonds is 7. The molecule has 5 rings (SSSR count). The highest BCUT2D eigenvalue weighted by Gasteiger charge is 2.42. The maximum absolute atomic E-state index is 13.5. The molecule has 3 fully saturated rings. The summed E-state index contributed by atoms with van der Waals surface area (Å²) in [7, 11) is -3.81. The fourth-order valence-electron chi connectivity index (χ4n) is 4.37. The van der Waals surface area contributed by atoms with Crippen LogP contribution >= 0.6 is 0 Å². The van der Waals surface area contributed by atoms with Gasteiger partial charge in [0.05, 0.1) is 21.8 Å². The van der Waals surface area contributed by atoms with E-state index in [-0.39, 0.29) is 34.7 Å². The number of amides is 1. The van der Waals surface area contributed by atoms with Crippen molar-refractivity contribution in [3.05, 3.63) is 51.7 Å². The van der Waals surface area contributed by atoms with Crippen LogP contribution in [0.25, 0.3) is 10.9 Å². The van der Waals surface area contributed by atoms with E-state index in [1.165, 1.54) is 27.7 Å². The second kappa shape index (κ2) is 7.14. The van der Waals surface area contributed by atoms with Gasteiger partial charge in [-0.3, -0.25) is 18.7 Å². The molecule has 33 heavy (non-hydrogen) atoms. The highest BCUT2D eigenvalue weighted by Crippen LogP contribution is 2.46. The molecule has 2 heterocycles. The third-order valence-electron chi connectivity index (χ3n) is 7.19. The summed E-state index contributed by atoms with van der Waals surface area (Å²) < 4.78 is 31.3. The Hall–Kier alpha value is -2.72. The molecule has 1 aromatic carbocycles. The first-order valence-electron chi connectivity index (χ1n) is 11.2. The first kappa shape index (κ1) is 22.1. The molecule has 0 radical (unpaired) electrons. The number of nitrogens with zero attached hydrogens (tertiary/aromatic N) is 3. The average Bonchev–Trinajstić information content (AvgIpc) is 3.64. The minimum absolute atomic E-state index is 0.00618. The summed E-state index contributed by atoms with van der Waals surface area (Å²) in [6.07, 6.45) is 4.72. The van der Waals surface area contributed by atoms with Crippen LogP contribution in [0.4, 0.5) is 0 Å².